The van der Waals surface area contributed by atoms with Crippen LogP contribution in [0.5, 0.6) is 0 Å². The van der Waals surface area contributed by atoms with E-state index in [2.05, 4.69) is 31.7 Å². The lowest BCUT2D eigenvalue weighted by atomic mass is 10.1. The van der Waals surface area contributed by atoms with Crippen LogP contribution in [0.3, 0.4) is 0 Å². The van der Waals surface area contributed by atoms with Gasteiger partial charge in [-0.1, -0.05) is 19.0 Å². The third kappa shape index (κ3) is 4.73. The maximum absolute atomic E-state index is 12.8. The standard InChI is InChI=1S/C16H26F2N4O2/c1-4-21-5-7-22(8-6-21)10-11(2)9-19-16(23)13-12(3)20-24-14(13)15(17)18/h11,15H,4-10H2,1-3H3,(H,19,23). The van der Waals surface area contributed by atoms with E-state index in [1.165, 1.54) is 6.92 Å². The lowest BCUT2D eigenvalue weighted by Crippen LogP contribution is -2.48. The summed E-state index contributed by atoms with van der Waals surface area (Å²) >= 11 is 0. The predicted molar refractivity (Wildman–Crippen MR) is 86.2 cm³/mol. The van der Waals surface area contributed by atoms with Crippen molar-refractivity contribution in [3.8, 4) is 0 Å². The van der Waals surface area contributed by atoms with E-state index in [9.17, 15) is 13.6 Å². The normalized spacial score (nSPS) is 18.1. The van der Waals surface area contributed by atoms with Gasteiger partial charge in [0.15, 0.2) is 0 Å². The van der Waals surface area contributed by atoms with Gasteiger partial charge in [-0.15, -0.1) is 0 Å². The molecular weight excluding hydrogens is 318 g/mol. The molecule has 8 heteroatoms. The molecule has 1 aliphatic heterocycles. The summed E-state index contributed by atoms with van der Waals surface area (Å²) < 4.78 is 30.2. The van der Waals surface area contributed by atoms with Crippen molar-refractivity contribution in [1.29, 1.82) is 0 Å². The number of amides is 1. The number of nitrogens with zero attached hydrogens (tertiary/aromatic N) is 3. The van der Waals surface area contributed by atoms with Gasteiger partial charge in [0.2, 0.25) is 5.76 Å². The Morgan fingerprint density at radius 2 is 1.92 bits per heavy atom. The molecule has 1 aromatic rings. The fourth-order valence-corrected chi connectivity index (χ4v) is 2.96. The van der Waals surface area contributed by atoms with Gasteiger partial charge in [-0.05, 0) is 19.4 Å². The quantitative estimate of drug-likeness (QED) is 0.819. The van der Waals surface area contributed by atoms with Crippen LogP contribution >= 0.6 is 0 Å². The zero-order chi connectivity index (χ0) is 17.7. The molecule has 1 aliphatic rings. The largest absolute Gasteiger partial charge is 0.354 e. The zero-order valence-corrected chi connectivity index (χ0v) is 14.5. The molecule has 0 aromatic carbocycles. The molecular formula is C16H26F2N4O2. The van der Waals surface area contributed by atoms with Crippen molar-refractivity contribution in [2.45, 2.75) is 27.2 Å². The third-order valence-corrected chi connectivity index (χ3v) is 4.41. The van der Waals surface area contributed by atoms with Crippen LogP contribution in [0.4, 0.5) is 8.78 Å². The molecule has 1 amide bonds. The molecule has 0 saturated carbocycles. The van der Waals surface area contributed by atoms with Gasteiger partial charge in [0, 0.05) is 39.3 Å². The number of piperazine rings is 1. The topological polar surface area (TPSA) is 61.6 Å². The Morgan fingerprint density at radius 3 is 2.50 bits per heavy atom. The van der Waals surface area contributed by atoms with Crippen LogP contribution in [0.1, 0.15) is 42.1 Å². The smallest absolute Gasteiger partial charge is 0.298 e. The summed E-state index contributed by atoms with van der Waals surface area (Å²) in [5, 5.41) is 6.19. The molecule has 1 atom stereocenters. The summed E-state index contributed by atoms with van der Waals surface area (Å²) in [6.45, 7) is 12.2. The van der Waals surface area contributed by atoms with E-state index in [-0.39, 0.29) is 17.2 Å². The minimum absolute atomic E-state index is 0.145. The number of likely N-dealkylation sites (N-methyl/N-ethyl adjacent to an activating group) is 1. The van der Waals surface area contributed by atoms with Crippen molar-refractivity contribution in [2.24, 2.45) is 5.92 Å². The predicted octanol–water partition coefficient (Wildman–Crippen LogP) is 1.92. The first kappa shape index (κ1) is 18.8. The van der Waals surface area contributed by atoms with Crippen molar-refractivity contribution in [3.05, 3.63) is 17.0 Å². The lowest BCUT2D eigenvalue weighted by molar-refractivity contribution is 0.0893. The number of hydrogen-bond acceptors (Lipinski definition) is 5. The number of rotatable bonds is 7. The molecule has 2 heterocycles. The van der Waals surface area contributed by atoms with Crippen LogP contribution in [0.2, 0.25) is 0 Å². The van der Waals surface area contributed by atoms with E-state index in [0.717, 1.165) is 39.3 Å². The highest BCUT2D eigenvalue weighted by Crippen LogP contribution is 2.25. The van der Waals surface area contributed by atoms with E-state index < -0.39 is 18.1 Å². The van der Waals surface area contributed by atoms with Crippen molar-refractivity contribution >= 4 is 5.91 Å². The number of hydrogen-bond donors (Lipinski definition) is 1. The number of alkyl halides is 2. The molecule has 1 aromatic heterocycles. The molecule has 6 nitrogen and oxygen atoms in total. The van der Waals surface area contributed by atoms with Crippen LogP contribution in [0.25, 0.3) is 0 Å². The average Bonchev–Trinajstić information content (AvgIpc) is 2.95. The minimum atomic E-state index is -2.85. The molecule has 136 valence electrons. The second-order valence-electron chi connectivity index (χ2n) is 6.36. The fourth-order valence-electron chi connectivity index (χ4n) is 2.96. The molecule has 24 heavy (non-hydrogen) atoms. The Morgan fingerprint density at radius 1 is 1.29 bits per heavy atom. The van der Waals surface area contributed by atoms with E-state index in [0.29, 0.717) is 6.54 Å². The molecule has 1 saturated heterocycles. The van der Waals surface area contributed by atoms with Gasteiger partial charge in [-0.25, -0.2) is 8.78 Å². The van der Waals surface area contributed by atoms with E-state index in [4.69, 9.17) is 0 Å². The first-order valence-corrected chi connectivity index (χ1v) is 8.39. The van der Waals surface area contributed by atoms with Crippen molar-refractivity contribution in [1.82, 2.24) is 20.3 Å². The Kier molecular flexibility index (Phi) is 6.68. The molecule has 0 radical (unpaired) electrons. The molecule has 2 rings (SSSR count). The molecule has 0 bridgehead atoms. The summed E-state index contributed by atoms with van der Waals surface area (Å²) in [4.78, 5) is 16.9. The summed E-state index contributed by atoms with van der Waals surface area (Å²) in [6, 6.07) is 0. The van der Waals surface area contributed by atoms with Crippen molar-refractivity contribution < 1.29 is 18.1 Å². The lowest BCUT2D eigenvalue weighted by Gasteiger charge is -2.35. The summed E-state index contributed by atoms with van der Waals surface area (Å²) in [7, 11) is 0. The van der Waals surface area contributed by atoms with Gasteiger partial charge in [0.25, 0.3) is 12.3 Å². The highest BCUT2D eigenvalue weighted by molar-refractivity contribution is 5.96. The van der Waals surface area contributed by atoms with Crippen LogP contribution in [-0.4, -0.2) is 66.7 Å². The number of carbonyl (C=O) groups excluding carboxylic acids is 1. The third-order valence-electron chi connectivity index (χ3n) is 4.41. The molecule has 1 unspecified atom stereocenters. The Balaban J connectivity index is 1.81. The van der Waals surface area contributed by atoms with Gasteiger partial charge in [-0.3, -0.25) is 4.79 Å². The number of aromatic nitrogens is 1. The SMILES string of the molecule is CCN1CCN(CC(C)CNC(=O)c2c(C)noc2C(F)F)CC1. The summed E-state index contributed by atoms with van der Waals surface area (Å²) in [6.07, 6.45) is -2.85. The van der Waals surface area contributed by atoms with E-state index >= 15 is 0 Å². The van der Waals surface area contributed by atoms with Crippen LogP contribution in [-0.2, 0) is 0 Å². The Labute approximate surface area is 141 Å². The molecule has 1 N–H and O–H groups in total. The van der Waals surface area contributed by atoms with Crippen LogP contribution in [0.15, 0.2) is 4.52 Å². The van der Waals surface area contributed by atoms with Gasteiger partial charge < -0.3 is 19.6 Å². The monoisotopic (exact) mass is 344 g/mol. The van der Waals surface area contributed by atoms with Crippen molar-refractivity contribution in [3.63, 3.8) is 0 Å². The first-order valence-electron chi connectivity index (χ1n) is 8.39. The van der Waals surface area contributed by atoms with Gasteiger partial charge in [-0.2, -0.15) is 0 Å². The van der Waals surface area contributed by atoms with Crippen LogP contribution < -0.4 is 5.32 Å². The van der Waals surface area contributed by atoms with Crippen LogP contribution in [0, 0.1) is 12.8 Å². The second-order valence-corrected chi connectivity index (χ2v) is 6.36. The van der Waals surface area contributed by atoms with Gasteiger partial charge in [0.1, 0.15) is 5.56 Å². The number of nitrogens with one attached hydrogen (secondary N) is 1. The maximum atomic E-state index is 12.8. The fraction of sp³-hybridized carbons (Fsp3) is 0.750. The zero-order valence-electron chi connectivity index (χ0n) is 14.5. The number of aryl methyl sites for hydroxylation is 1. The maximum Gasteiger partial charge on any atom is 0.298 e. The molecule has 0 spiro atoms. The highest BCUT2D eigenvalue weighted by atomic mass is 19.3. The molecule has 0 aliphatic carbocycles. The van der Waals surface area contributed by atoms with Gasteiger partial charge in [0.05, 0.1) is 5.69 Å². The second kappa shape index (κ2) is 8.53. The van der Waals surface area contributed by atoms with Gasteiger partial charge >= 0.3 is 0 Å². The first-order chi connectivity index (χ1) is 11.4. The molecule has 1 fully saturated rings. The average molecular weight is 344 g/mol. The Hall–Kier alpha value is -1.54. The summed E-state index contributed by atoms with van der Waals surface area (Å²) in [5.41, 5.74) is 0.0416. The number of carbonyl (C=O) groups is 1. The Bertz CT molecular complexity index is 542. The highest BCUT2D eigenvalue weighted by Gasteiger charge is 2.27. The van der Waals surface area contributed by atoms with E-state index in [1.807, 2.05) is 6.92 Å². The van der Waals surface area contributed by atoms with Crippen molar-refractivity contribution in [2.75, 3.05) is 45.8 Å². The summed E-state index contributed by atoms with van der Waals surface area (Å²) in [5.74, 6) is -0.975. The van der Waals surface area contributed by atoms with E-state index in [1.54, 1.807) is 0 Å². The minimum Gasteiger partial charge on any atom is -0.354 e. The number of halogens is 2.